The van der Waals surface area contributed by atoms with Crippen molar-refractivity contribution in [1.29, 1.82) is 0 Å². The smallest absolute Gasteiger partial charge is 0.273 e. The lowest BCUT2D eigenvalue weighted by atomic mass is 10.0. The van der Waals surface area contributed by atoms with E-state index in [9.17, 15) is 14.4 Å². The van der Waals surface area contributed by atoms with Gasteiger partial charge < -0.3 is 0 Å². The molecular formula is C12H10O3. The zero-order valence-electron chi connectivity index (χ0n) is 8.53. The number of fused-ring (bicyclic) bond motifs is 1. The van der Waals surface area contributed by atoms with Gasteiger partial charge in [-0.15, -0.1) is 0 Å². The maximum Gasteiger partial charge on any atom is 0.273 e. The van der Waals surface area contributed by atoms with E-state index in [-0.39, 0.29) is 16.7 Å². The van der Waals surface area contributed by atoms with Gasteiger partial charge in [0.2, 0.25) is 10.9 Å². The quantitative estimate of drug-likeness (QED) is 0.646. The van der Waals surface area contributed by atoms with E-state index in [0.29, 0.717) is 0 Å². The van der Waals surface area contributed by atoms with Crippen molar-refractivity contribution in [1.82, 2.24) is 0 Å². The Morgan fingerprint density at radius 3 is 2.07 bits per heavy atom. The molecule has 0 bridgehead atoms. The van der Waals surface area contributed by atoms with Crippen LogP contribution in [0.1, 0.15) is 25.3 Å². The lowest BCUT2D eigenvalue weighted by Gasteiger charge is -2.03. The SMILES string of the molecule is CC(C)c1ccc2c(=O)c(=O)c(=O)c2c1. The molecule has 0 aliphatic carbocycles. The molecule has 2 rings (SSSR count). The van der Waals surface area contributed by atoms with Gasteiger partial charge in [0.15, 0.2) is 0 Å². The fourth-order valence-corrected chi connectivity index (χ4v) is 1.65. The summed E-state index contributed by atoms with van der Waals surface area (Å²) in [6.45, 7) is 3.98. The van der Waals surface area contributed by atoms with Crippen LogP contribution in [0.4, 0.5) is 0 Å². The highest BCUT2D eigenvalue weighted by atomic mass is 16.2. The molecule has 0 atom stereocenters. The third-order valence-electron chi connectivity index (χ3n) is 2.61. The first kappa shape index (κ1) is 9.77. The molecule has 3 heteroatoms. The average molecular weight is 202 g/mol. The molecular weight excluding hydrogens is 192 g/mol. The second-order valence-corrected chi connectivity index (χ2v) is 3.95. The summed E-state index contributed by atoms with van der Waals surface area (Å²) >= 11 is 0. The van der Waals surface area contributed by atoms with Crippen LogP contribution in [0.15, 0.2) is 32.6 Å². The lowest BCUT2D eigenvalue weighted by molar-refractivity contribution is 0.869. The van der Waals surface area contributed by atoms with Gasteiger partial charge in [-0.05, 0) is 23.6 Å². The highest BCUT2D eigenvalue weighted by molar-refractivity contribution is 5.84. The van der Waals surface area contributed by atoms with E-state index in [2.05, 4.69) is 0 Å². The highest BCUT2D eigenvalue weighted by Crippen LogP contribution is 2.16. The summed E-state index contributed by atoms with van der Waals surface area (Å²) in [5.41, 5.74) is -1.29. The van der Waals surface area contributed by atoms with Crippen LogP contribution in [-0.4, -0.2) is 0 Å². The fraction of sp³-hybridized carbons (Fsp3) is 0.250. The van der Waals surface area contributed by atoms with E-state index in [0.717, 1.165) is 5.56 Å². The zero-order valence-corrected chi connectivity index (χ0v) is 8.53. The first-order valence-corrected chi connectivity index (χ1v) is 4.79. The molecule has 0 heterocycles. The van der Waals surface area contributed by atoms with Gasteiger partial charge in [-0.25, -0.2) is 0 Å². The molecule has 2 aromatic rings. The Morgan fingerprint density at radius 2 is 1.47 bits per heavy atom. The minimum atomic E-state index is -0.911. The Balaban J connectivity index is 2.96. The van der Waals surface area contributed by atoms with E-state index in [4.69, 9.17) is 0 Å². The van der Waals surface area contributed by atoms with Crippen molar-refractivity contribution in [3.63, 3.8) is 0 Å². The molecule has 2 aromatic carbocycles. The number of hydrogen-bond acceptors (Lipinski definition) is 3. The van der Waals surface area contributed by atoms with E-state index in [1.807, 2.05) is 13.8 Å². The summed E-state index contributed by atoms with van der Waals surface area (Å²) in [6.07, 6.45) is 0. The monoisotopic (exact) mass is 202 g/mol. The van der Waals surface area contributed by atoms with Gasteiger partial charge in [0.05, 0.1) is 0 Å². The van der Waals surface area contributed by atoms with Crippen LogP contribution >= 0.6 is 0 Å². The van der Waals surface area contributed by atoms with Gasteiger partial charge in [-0.1, -0.05) is 19.9 Å². The second-order valence-electron chi connectivity index (χ2n) is 3.95. The van der Waals surface area contributed by atoms with Crippen LogP contribution in [0.25, 0.3) is 10.8 Å². The van der Waals surface area contributed by atoms with E-state index in [1.54, 1.807) is 18.2 Å². The standard InChI is InChI=1S/C12H10O3/c1-6(2)7-3-4-8-9(5-7)11(14)12(15)10(8)13/h3-6H,1-2H3. The molecule has 76 valence electrons. The van der Waals surface area contributed by atoms with Crippen molar-refractivity contribution in [3.8, 4) is 0 Å². The molecule has 0 fully saturated rings. The summed E-state index contributed by atoms with van der Waals surface area (Å²) in [5, 5.41) is 0.505. The van der Waals surface area contributed by atoms with Crippen molar-refractivity contribution in [2.75, 3.05) is 0 Å². The summed E-state index contributed by atoms with van der Waals surface area (Å²) in [7, 11) is 0. The molecule has 0 unspecified atom stereocenters. The Labute approximate surface area is 85.7 Å². The highest BCUT2D eigenvalue weighted by Gasteiger charge is 2.12. The third kappa shape index (κ3) is 1.31. The maximum absolute atomic E-state index is 11.4. The van der Waals surface area contributed by atoms with Crippen molar-refractivity contribution >= 4 is 10.8 Å². The van der Waals surface area contributed by atoms with Crippen LogP contribution in [0.5, 0.6) is 0 Å². The van der Waals surface area contributed by atoms with Crippen molar-refractivity contribution in [2.24, 2.45) is 0 Å². The van der Waals surface area contributed by atoms with Gasteiger partial charge in [-0.2, -0.15) is 0 Å². The maximum atomic E-state index is 11.4. The van der Waals surface area contributed by atoms with E-state index < -0.39 is 16.3 Å². The molecule has 0 saturated carbocycles. The fourth-order valence-electron chi connectivity index (χ4n) is 1.65. The summed E-state index contributed by atoms with van der Waals surface area (Å²) in [6, 6.07) is 4.99. The Kier molecular flexibility index (Phi) is 2.03. The number of hydrogen-bond donors (Lipinski definition) is 0. The molecule has 0 N–H and O–H groups in total. The number of benzene rings is 1. The topological polar surface area (TPSA) is 51.2 Å². The van der Waals surface area contributed by atoms with Gasteiger partial charge in [-0.3, -0.25) is 14.4 Å². The van der Waals surface area contributed by atoms with Crippen LogP contribution < -0.4 is 16.3 Å². The van der Waals surface area contributed by atoms with Crippen LogP contribution in [0, 0.1) is 0 Å². The Hall–Kier alpha value is -1.77. The molecule has 0 saturated heterocycles. The third-order valence-corrected chi connectivity index (χ3v) is 2.61. The van der Waals surface area contributed by atoms with Gasteiger partial charge in [0, 0.05) is 10.8 Å². The molecule has 0 radical (unpaired) electrons. The molecule has 0 aliphatic rings. The summed E-state index contributed by atoms with van der Waals surface area (Å²) in [4.78, 5) is 33.9. The van der Waals surface area contributed by atoms with Gasteiger partial charge in [0.1, 0.15) is 0 Å². The zero-order chi connectivity index (χ0) is 11.2. The predicted molar refractivity (Wildman–Crippen MR) is 59.2 cm³/mol. The molecule has 0 spiro atoms. The second kappa shape index (κ2) is 3.12. The number of rotatable bonds is 1. The average Bonchev–Trinajstić information content (AvgIpc) is 2.44. The minimum Gasteiger partial charge on any atom is -0.285 e. The van der Waals surface area contributed by atoms with Crippen LogP contribution in [-0.2, 0) is 0 Å². The lowest BCUT2D eigenvalue weighted by Crippen LogP contribution is -2.29. The molecule has 0 aliphatic heterocycles. The normalized spacial score (nSPS) is 11.4. The first-order chi connectivity index (χ1) is 7.02. The molecule has 0 aromatic heterocycles. The molecule has 3 nitrogen and oxygen atoms in total. The largest absolute Gasteiger partial charge is 0.285 e. The molecule has 15 heavy (non-hydrogen) atoms. The van der Waals surface area contributed by atoms with Crippen molar-refractivity contribution in [3.05, 3.63) is 54.4 Å². The summed E-state index contributed by atoms with van der Waals surface area (Å²) < 4.78 is 0. The van der Waals surface area contributed by atoms with Crippen molar-refractivity contribution in [2.45, 2.75) is 19.8 Å². The Morgan fingerprint density at radius 1 is 0.867 bits per heavy atom. The van der Waals surface area contributed by atoms with Crippen LogP contribution in [0.2, 0.25) is 0 Å². The van der Waals surface area contributed by atoms with Crippen molar-refractivity contribution < 1.29 is 0 Å². The Bertz CT molecular complexity index is 658. The summed E-state index contributed by atoms with van der Waals surface area (Å²) in [5.74, 6) is 0.272. The van der Waals surface area contributed by atoms with Gasteiger partial charge >= 0.3 is 0 Å². The first-order valence-electron chi connectivity index (χ1n) is 4.79. The van der Waals surface area contributed by atoms with E-state index in [1.165, 1.54) is 0 Å². The minimum absolute atomic E-state index is 0.245. The van der Waals surface area contributed by atoms with Gasteiger partial charge in [0.25, 0.3) is 5.43 Å². The van der Waals surface area contributed by atoms with Crippen LogP contribution in [0.3, 0.4) is 0 Å². The molecule has 0 amide bonds. The van der Waals surface area contributed by atoms with E-state index >= 15 is 0 Å². The predicted octanol–water partition coefficient (Wildman–Crippen LogP) is 0.919.